The van der Waals surface area contributed by atoms with Gasteiger partial charge >= 0.3 is 12.1 Å². The highest BCUT2D eigenvalue weighted by molar-refractivity contribution is 5.69. The minimum Gasteiger partial charge on any atom is -0.247 e. The zero-order valence-corrected chi connectivity index (χ0v) is 6.97. The minimum atomic E-state index is -4.39. The molecule has 0 aromatic heterocycles. The van der Waals surface area contributed by atoms with Gasteiger partial charge in [-0.3, -0.25) is 0 Å². The van der Waals surface area contributed by atoms with Crippen LogP contribution in [0, 0.1) is 0 Å². The van der Waals surface area contributed by atoms with Gasteiger partial charge in [0.2, 0.25) is 0 Å². The van der Waals surface area contributed by atoms with Gasteiger partial charge in [0.15, 0.2) is 0 Å². The summed E-state index contributed by atoms with van der Waals surface area (Å²) in [7, 11) is 0. The lowest BCUT2D eigenvalue weighted by atomic mass is 10.1. The second-order valence-electron chi connectivity index (χ2n) is 2.74. The lowest BCUT2D eigenvalue weighted by Gasteiger charge is -2.06. The van der Waals surface area contributed by atoms with Crippen LogP contribution in [0.3, 0.4) is 0 Å². The smallest absolute Gasteiger partial charge is 0.247 e. The highest BCUT2D eigenvalue weighted by Gasteiger charge is 2.29. The van der Waals surface area contributed by atoms with Gasteiger partial charge in [0.05, 0.1) is 12.0 Å². The number of carbonyl (C=O) groups excluding carboxylic acids is 1. The number of alkyl halides is 3. The molecule has 0 amide bonds. The summed E-state index contributed by atoms with van der Waals surface area (Å²) < 4.78 is 36.2. The molecule has 0 atom stereocenters. The van der Waals surface area contributed by atoms with E-state index in [9.17, 15) is 23.1 Å². The fourth-order valence-corrected chi connectivity index (χ4v) is 0.978. The van der Waals surface area contributed by atoms with E-state index in [0.29, 0.717) is 0 Å². The van der Waals surface area contributed by atoms with Gasteiger partial charge in [-0.25, -0.2) is 9.90 Å². The third-order valence-corrected chi connectivity index (χ3v) is 1.63. The van der Waals surface area contributed by atoms with Gasteiger partial charge in [0.25, 0.3) is 0 Å². The first-order chi connectivity index (χ1) is 6.39. The van der Waals surface area contributed by atoms with Crippen molar-refractivity contribution in [2.24, 2.45) is 0 Å². The predicted molar refractivity (Wildman–Crippen MR) is 40.8 cm³/mol. The van der Waals surface area contributed by atoms with E-state index in [1.165, 1.54) is 0 Å². The van der Waals surface area contributed by atoms with E-state index >= 15 is 0 Å². The van der Waals surface area contributed by atoms with Crippen molar-refractivity contribution in [1.29, 1.82) is 0 Å². The number of halogens is 3. The van der Waals surface area contributed by atoms with E-state index in [-0.39, 0.29) is 12.0 Å². The first kappa shape index (κ1) is 10.6. The Hall–Kier alpha value is -1.52. The SMILES string of the molecule is [O]C(=O)Cc1ccc(C(F)(F)F)cc1. The second-order valence-corrected chi connectivity index (χ2v) is 2.74. The quantitative estimate of drug-likeness (QED) is 0.725. The van der Waals surface area contributed by atoms with Crippen molar-refractivity contribution in [3.8, 4) is 0 Å². The fourth-order valence-electron chi connectivity index (χ4n) is 0.978. The molecule has 0 unspecified atom stereocenters. The highest BCUT2D eigenvalue weighted by Crippen LogP contribution is 2.29. The third kappa shape index (κ3) is 2.76. The predicted octanol–water partition coefficient (Wildman–Crippen LogP) is 2.21. The molecule has 0 N–H and O–H groups in total. The molecule has 0 bridgehead atoms. The number of carbonyl (C=O) groups is 1. The monoisotopic (exact) mass is 203 g/mol. The van der Waals surface area contributed by atoms with Crippen molar-refractivity contribution in [3.05, 3.63) is 35.4 Å². The molecule has 75 valence electrons. The maximum absolute atomic E-state index is 12.1. The van der Waals surface area contributed by atoms with Crippen molar-refractivity contribution >= 4 is 5.97 Å². The summed E-state index contributed by atoms with van der Waals surface area (Å²) in [5, 5.41) is 10.1. The summed E-state index contributed by atoms with van der Waals surface area (Å²) in [6.07, 6.45) is -4.77. The molecule has 1 rings (SSSR count). The Balaban J connectivity index is 2.84. The summed E-state index contributed by atoms with van der Waals surface area (Å²) >= 11 is 0. The van der Waals surface area contributed by atoms with Crippen LogP contribution in [-0.2, 0) is 22.5 Å². The molecule has 1 aromatic rings. The van der Waals surface area contributed by atoms with E-state index in [4.69, 9.17) is 0 Å². The van der Waals surface area contributed by atoms with E-state index in [1.54, 1.807) is 0 Å². The average Bonchev–Trinajstić information content (AvgIpc) is 2.02. The van der Waals surface area contributed by atoms with Gasteiger partial charge in [0, 0.05) is 0 Å². The lowest BCUT2D eigenvalue weighted by molar-refractivity contribution is -0.142. The Kier molecular flexibility index (Phi) is 2.78. The first-order valence-corrected chi connectivity index (χ1v) is 3.75. The van der Waals surface area contributed by atoms with Crippen LogP contribution in [0.4, 0.5) is 13.2 Å². The van der Waals surface area contributed by atoms with Gasteiger partial charge in [0.1, 0.15) is 0 Å². The number of benzene rings is 1. The average molecular weight is 203 g/mol. The van der Waals surface area contributed by atoms with Crippen LogP contribution in [0.1, 0.15) is 11.1 Å². The zero-order valence-electron chi connectivity index (χ0n) is 6.97. The Bertz CT molecular complexity index is 327. The molecule has 0 aliphatic carbocycles. The molecule has 0 aliphatic rings. The van der Waals surface area contributed by atoms with Crippen molar-refractivity contribution in [3.63, 3.8) is 0 Å². The van der Waals surface area contributed by atoms with E-state index < -0.39 is 17.7 Å². The molecule has 0 spiro atoms. The number of hydrogen-bond acceptors (Lipinski definition) is 1. The van der Waals surface area contributed by atoms with Crippen LogP contribution in [0.5, 0.6) is 0 Å². The topological polar surface area (TPSA) is 37.0 Å². The van der Waals surface area contributed by atoms with E-state index in [0.717, 1.165) is 24.3 Å². The summed E-state index contributed by atoms with van der Waals surface area (Å²) in [5.41, 5.74) is -0.502. The summed E-state index contributed by atoms with van der Waals surface area (Å²) in [4.78, 5) is 10.1. The maximum atomic E-state index is 12.1. The van der Waals surface area contributed by atoms with Crippen LogP contribution in [0.25, 0.3) is 0 Å². The van der Waals surface area contributed by atoms with Gasteiger partial charge < -0.3 is 0 Å². The standard InChI is InChI=1S/C9H6F3O2/c10-9(11,12)7-3-1-6(2-4-7)5-8(13)14/h1-4H,5H2. The van der Waals surface area contributed by atoms with Gasteiger partial charge in [-0.05, 0) is 17.7 Å². The van der Waals surface area contributed by atoms with Crippen LogP contribution in [0.15, 0.2) is 24.3 Å². The Morgan fingerprint density at radius 2 is 1.64 bits per heavy atom. The molecular weight excluding hydrogens is 197 g/mol. The largest absolute Gasteiger partial charge is 0.416 e. The Morgan fingerprint density at radius 1 is 1.14 bits per heavy atom. The molecule has 5 heteroatoms. The molecular formula is C9H6F3O2. The molecule has 1 radical (unpaired) electrons. The molecule has 0 fully saturated rings. The van der Waals surface area contributed by atoms with Gasteiger partial charge in [-0.15, -0.1) is 0 Å². The molecule has 2 nitrogen and oxygen atoms in total. The van der Waals surface area contributed by atoms with Crippen LogP contribution >= 0.6 is 0 Å². The van der Waals surface area contributed by atoms with Crippen molar-refractivity contribution in [2.45, 2.75) is 12.6 Å². The maximum Gasteiger partial charge on any atom is 0.416 e. The van der Waals surface area contributed by atoms with Crippen molar-refractivity contribution in [2.75, 3.05) is 0 Å². The summed E-state index contributed by atoms with van der Waals surface area (Å²) in [5.74, 6) is -1.32. The lowest BCUT2D eigenvalue weighted by Crippen LogP contribution is -2.05. The minimum absolute atomic E-state index is 0.290. The molecule has 0 saturated heterocycles. The summed E-state index contributed by atoms with van der Waals surface area (Å²) in [6.45, 7) is 0. The second kappa shape index (κ2) is 3.69. The fraction of sp³-hybridized carbons (Fsp3) is 0.222. The Labute approximate surface area is 78.0 Å². The molecule has 0 saturated carbocycles. The van der Waals surface area contributed by atoms with Crippen LogP contribution in [0.2, 0.25) is 0 Å². The van der Waals surface area contributed by atoms with E-state index in [2.05, 4.69) is 0 Å². The van der Waals surface area contributed by atoms with Crippen LogP contribution < -0.4 is 0 Å². The normalized spacial score (nSPS) is 11.4. The Morgan fingerprint density at radius 3 is 2.00 bits per heavy atom. The van der Waals surface area contributed by atoms with Crippen molar-refractivity contribution in [1.82, 2.24) is 0 Å². The van der Waals surface area contributed by atoms with E-state index in [1.807, 2.05) is 0 Å². The molecule has 14 heavy (non-hydrogen) atoms. The molecule has 0 heterocycles. The highest BCUT2D eigenvalue weighted by atomic mass is 19.4. The van der Waals surface area contributed by atoms with Crippen LogP contribution in [-0.4, -0.2) is 5.97 Å². The number of hydrogen-bond donors (Lipinski definition) is 0. The van der Waals surface area contributed by atoms with Gasteiger partial charge in [-0.1, -0.05) is 12.1 Å². The van der Waals surface area contributed by atoms with Gasteiger partial charge in [-0.2, -0.15) is 13.2 Å². The molecule has 1 aromatic carbocycles. The third-order valence-electron chi connectivity index (χ3n) is 1.63. The number of rotatable bonds is 2. The summed E-state index contributed by atoms with van der Waals surface area (Å²) in [6, 6.07) is 3.94. The zero-order chi connectivity index (χ0) is 10.8. The first-order valence-electron chi connectivity index (χ1n) is 3.75. The molecule has 0 aliphatic heterocycles. The van der Waals surface area contributed by atoms with Crippen molar-refractivity contribution < 1.29 is 23.1 Å².